The summed E-state index contributed by atoms with van der Waals surface area (Å²) in [6.07, 6.45) is 4.56. The quantitative estimate of drug-likeness (QED) is 0.781. The monoisotopic (exact) mass is 393 g/mol. The second-order valence-corrected chi connectivity index (χ2v) is 9.32. The molecule has 5 nitrogen and oxygen atoms in total. The van der Waals surface area contributed by atoms with Crippen molar-refractivity contribution in [3.05, 3.63) is 58.9 Å². The SMILES string of the molecule is Cc1cccc(Cl)c1S(=O)(=O)N(C)C[C@@H]1CCN(C)[C@H]1c1cccnc1. The molecule has 0 saturated carbocycles. The first-order valence-corrected chi connectivity index (χ1v) is 10.5. The lowest BCUT2D eigenvalue weighted by atomic mass is 9.95. The third-order valence-electron chi connectivity index (χ3n) is 5.12. The highest BCUT2D eigenvalue weighted by molar-refractivity contribution is 7.89. The lowest BCUT2D eigenvalue weighted by molar-refractivity contribution is 0.255. The molecule has 0 radical (unpaired) electrons. The number of hydrogen-bond donors (Lipinski definition) is 0. The van der Waals surface area contributed by atoms with Gasteiger partial charge in [-0.2, -0.15) is 0 Å². The van der Waals surface area contributed by atoms with Gasteiger partial charge in [-0.15, -0.1) is 0 Å². The van der Waals surface area contributed by atoms with Gasteiger partial charge in [0.15, 0.2) is 0 Å². The van der Waals surface area contributed by atoms with Gasteiger partial charge in [-0.1, -0.05) is 29.8 Å². The molecular weight excluding hydrogens is 370 g/mol. The van der Waals surface area contributed by atoms with Crippen LogP contribution in [0.5, 0.6) is 0 Å². The van der Waals surface area contributed by atoms with Crippen molar-refractivity contribution in [3.63, 3.8) is 0 Å². The van der Waals surface area contributed by atoms with Crippen molar-refractivity contribution in [2.75, 3.05) is 27.2 Å². The molecule has 0 N–H and O–H groups in total. The number of sulfonamides is 1. The summed E-state index contributed by atoms with van der Waals surface area (Å²) in [6, 6.07) is 9.30. The molecule has 26 heavy (non-hydrogen) atoms. The molecule has 1 aromatic carbocycles. The Morgan fingerprint density at radius 2 is 2.08 bits per heavy atom. The minimum atomic E-state index is -3.64. The van der Waals surface area contributed by atoms with Crippen LogP contribution in [0.4, 0.5) is 0 Å². The first-order valence-electron chi connectivity index (χ1n) is 8.64. The number of aromatic nitrogens is 1. The molecule has 3 rings (SSSR count). The summed E-state index contributed by atoms with van der Waals surface area (Å²) in [4.78, 5) is 6.69. The van der Waals surface area contributed by atoms with Gasteiger partial charge in [0.1, 0.15) is 4.90 Å². The lowest BCUT2D eigenvalue weighted by Gasteiger charge is -2.28. The zero-order valence-electron chi connectivity index (χ0n) is 15.3. The van der Waals surface area contributed by atoms with Crippen LogP contribution in [0, 0.1) is 12.8 Å². The van der Waals surface area contributed by atoms with Gasteiger partial charge >= 0.3 is 0 Å². The molecule has 0 amide bonds. The van der Waals surface area contributed by atoms with Crippen LogP contribution < -0.4 is 0 Å². The second-order valence-electron chi connectivity index (χ2n) is 6.93. The molecular formula is C19H24ClN3O2S. The van der Waals surface area contributed by atoms with E-state index in [1.165, 1.54) is 4.31 Å². The van der Waals surface area contributed by atoms with E-state index in [0.717, 1.165) is 18.5 Å². The Morgan fingerprint density at radius 3 is 2.73 bits per heavy atom. The maximum absolute atomic E-state index is 13.1. The highest BCUT2D eigenvalue weighted by atomic mass is 35.5. The van der Waals surface area contributed by atoms with Gasteiger partial charge in [-0.3, -0.25) is 9.88 Å². The third-order valence-corrected chi connectivity index (χ3v) is 7.58. The van der Waals surface area contributed by atoms with Crippen LogP contribution in [-0.4, -0.2) is 49.8 Å². The summed E-state index contributed by atoms with van der Waals surface area (Å²) in [5.41, 5.74) is 1.79. The van der Waals surface area contributed by atoms with Gasteiger partial charge in [0.2, 0.25) is 10.0 Å². The number of likely N-dealkylation sites (tertiary alicyclic amines) is 1. The average Bonchev–Trinajstić information content (AvgIpc) is 2.95. The zero-order chi connectivity index (χ0) is 18.9. The molecule has 140 valence electrons. The summed E-state index contributed by atoms with van der Waals surface area (Å²) in [7, 11) is 0.0658. The molecule has 0 bridgehead atoms. The van der Waals surface area contributed by atoms with Crippen molar-refractivity contribution in [2.45, 2.75) is 24.3 Å². The largest absolute Gasteiger partial charge is 0.299 e. The van der Waals surface area contributed by atoms with E-state index in [1.54, 1.807) is 38.4 Å². The summed E-state index contributed by atoms with van der Waals surface area (Å²) >= 11 is 6.20. The minimum absolute atomic E-state index is 0.161. The van der Waals surface area contributed by atoms with E-state index in [-0.39, 0.29) is 21.9 Å². The normalized spacial score (nSPS) is 21.4. The van der Waals surface area contributed by atoms with Gasteiger partial charge in [-0.05, 0) is 56.1 Å². The van der Waals surface area contributed by atoms with E-state index in [1.807, 2.05) is 12.3 Å². The fraction of sp³-hybridized carbons (Fsp3) is 0.421. The highest BCUT2D eigenvalue weighted by Crippen LogP contribution is 2.37. The molecule has 1 saturated heterocycles. The predicted molar refractivity (Wildman–Crippen MR) is 104 cm³/mol. The molecule has 7 heteroatoms. The van der Waals surface area contributed by atoms with E-state index in [0.29, 0.717) is 12.1 Å². The van der Waals surface area contributed by atoms with E-state index < -0.39 is 10.0 Å². The zero-order valence-corrected chi connectivity index (χ0v) is 16.8. The molecule has 0 aliphatic carbocycles. The molecule has 1 aliphatic heterocycles. The second kappa shape index (κ2) is 7.64. The number of hydrogen-bond acceptors (Lipinski definition) is 4. The molecule has 1 aromatic heterocycles. The number of nitrogens with zero attached hydrogens (tertiary/aromatic N) is 3. The minimum Gasteiger partial charge on any atom is -0.299 e. The van der Waals surface area contributed by atoms with Crippen molar-refractivity contribution in [1.82, 2.24) is 14.2 Å². The van der Waals surface area contributed by atoms with Gasteiger partial charge in [0, 0.05) is 32.0 Å². The van der Waals surface area contributed by atoms with Crippen LogP contribution in [0.15, 0.2) is 47.6 Å². The van der Waals surface area contributed by atoms with Crippen molar-refractivity contribution in [3.8, 4) is 0 Å². The topological polar surface area (TPSA) is 53.5 Å². The summed E-state index contributed by atoms with van der Waals surface area (Å²) in [5, 5.41) is 0.268. The Hall–Kier alpha value is -1.47. The smallest absolute Gasteiger partial charge is 0.244 e. The van der Waals surface area contributed by atoms with Crippen LogP contribution in [-0.2, 0) is 10.0 Å². The van der Waals surface area contributed by atoms with Crippen molar-refractivity contribution in [1.29, 1.82) is 0 Å². The molecule has 0 unspecified atom stereocenters. The van der Waals surface area contributed by atoms with Crippen molar-refractivity contribution >= 4 is 21.6 Å². The number of rotatable bonds is 5. The average molecular weight is 394 g/mol. The van der Waals surface area contributed by atoms with Crippen LogP contribution >= 0.6 is 11.6 Å². The molecule has 0 spiro atoms. The molecule has 2 atom stereocenters. The van der Waals surface area contributed by atoms with Crippen molar-refractivity contribution in [2.24, 2.45) is 5.92 Å². The Bertz CT molecular complexity index is 853. The first kappa shape index (κ1) is 19.3. The van der Waals surface area contributed by atoms with E-state index >= 15 is 0 Å². The Kier molecular flexibility index (Phi) is 5.67. The maximum Gasteiger partial charge on any atom is 0.244 e. The van der Waals surface area contributed by atoms with Gasteiger partial charge < -0.3 is 0 Å². The van der Waals surface area contributed by atoms with E-state index in [4.69, 9.17) is 11.6 Å². The molecule has 2 aromatic rings. The van der Waals surface area contributed by atoms with Gasteiger partial charge in [-0.25, -0.2) is 12.7 Å². The fourth-order valence-corrected chi connectivity index (χ4v) is 5.83. The van der Waals surface area contributed by atoms with E-state index in [2.05, 4.69) is 23.0 Å². The van der Waals surface area contributed by atoms with Gasteiger partial charge in [0.25, 0.3) is 0 Å². The number of benzene rings is 1. The Labute approximate surface area is 160 Å². The highest BCUT2D eigenvalue weighted by Gasteiger charge is 2.36. The van der Waals surface area contributed by atoms with Crippen molar-refractivity contribution < 1.29 is 8.42 Å². The first-order chi connectivity index (χ1) is 12.3. The molecule has 1 aliphatic rings. The van der Waals surface area contributed by atoms with E-state index in [9.17, 15) is 8.42 Å². The molecule has 2 heterocycles. The predicted octanol–water partition coefficient (Wildman–Crippen LogP) is 3.36. The van der Waals surface area contributed by atoms with Gasteiger partial charge in [0.05, 0.1) is 5.02 Å². The standard InChI is InChI=1S/C19H24ClN3O2S/c1-14-6-4-8-17(20)19(14)26(24,25)23(3)13-16-9-11-22(2)18(16)15-7-5-10-21-12-15/h4-8,10,12,16,18H,9,11,13H2,1-3H3/t16-,18-/m0/s1. The summed E-state index contributed by atoms with van der Waals surface area (Å²) in [5.74, 6) is 0.201. The summed E-state index contributed by atoms with van der Waals surface area (Å²) < 4.78 is 27.6. The Morgan fingerprint density at radius 1 is 1.31 bits per heavy atom. The number of halogens is 1. The Balaban J connectivity index is 1.86. The summed E-state index contributed by atoms with van der Waals surface area (Å²) in [6.45, 7) is 3.15. The van der Waals surface area contributed by atoms with Crippen LogP contribution in [0.3, 0.4) is 0 Å². The maximum atomic E-state index is 13.1. The van der Waals surface area contributed by atoms with Crippen LogP contribution in [0.25, 0.3) is 0 Å². The lowest BCUT2D eigenvalue weighted by Crippen LogP contribution is -2.34. The fourth-order valence-electron chi connectivity index (χ4n) is 3.82. The molecule has 1 fully saturated rings. The van der Waals surface area contributed by atoms with Crippen LogP contribution in [0.2, 0.25) is 5.02 Å². The third kappa shape index (κ3) is 3.64. The van der Waals surface area contributed by atoms with Crippen LogP contribution in [0.1, 0.15) is 23.6 Å². The number of pyridine rings is 1. The number of aryl methyl sites for hydroxylation is 1.